The van der Waals surface area contributed by atoms with Gasteiger partial charge in [-0.25, -0.2) is 13.8 Å². The van der Waals surface area contributed by atoms with Crippen molar-refractivity contribution in [1.29, 1.82) is 10.5 Å². The van der Waals surface area contributed by atoms with Gasteiger partial charge < -0.3 is 31.4 Å². The first-order valence-electron chi connectivity index (χ1n) is 18.4. The Morgan fingerprint density at radius 2 is 1.52 bits per heavy atom. The summed E-state index contributed by atoms with van der Waals surface area (Å²) in [7, 11) is 2.88. The number of hydrogen-bond acceptors (Lipinski definition) is 10. The van der Waals surface area contributed by atoms with Crippen LogP contribution in [0.3, 0.4) is 0 Å². The number of carbonyl (C=O) groups excluding carboxylic acids is 3. The van der Waals surface area contributed by atoms with Crippen molar-refractivity contribution in [2.45, 2.75) is 62.7 Å². The highest BCUT2D eigenvalue weighted by molar-refractivity contribution is 7.81. The van der Waals surface area contributed by atoms with E-state index in [2.05, 4.69) is 36.8 Å². The predicted octanol–water partition coefficient (Wildman–Crippen LogP) is 7.10. The fraction of sp³-hybridized carbons (Fsp3) is 0.293. The Kier molecular flexibility index (Phi) is 13.2. The summed E-state index contributed by atoms with van der Waals surface area (Å²) in [5.41, 5.74) is 3.77. The average Bonchev–Trinajstić information content (AvgIpc) is 3.45. The Bertz CT molecular complexity index is 2540. The molecule has 2 aromatic carbocycles. The molecular weight excluding hydrogens is 822 g/mol. The molecule has 1 spiro atoms. The van der Waals surface area contributed by atoms with Crippen molar-refractivity contribution in [2.75, 3.05) is 34.9 Å². The van der Waals surface area contributed by atoms with Gasteiger partial charge in [-0.15, -0.1) is 4.98 Å². The number of nitrogens with two attached hydrogens (primary N) is 1. The molecule has 1 saturated heterocycles. The zero-order valence-corrected chi connectivity index (χ0v) is 33.6. The van der Waals surface area contributed by atoms with Gasteiger partial charge >= 0.3 is 6.18 Å². The van der Waals surface area contributed by atoms with Crippen molar-refractivity contribution >= 4 is 63.6 Å². The first kappa shape index (κ1) is 44.9. The maximum Gasteiger partial charge on any atom is 0.419 e. The highest BCUT2D eigenvalue weighted by Gasteiger charge is 2.60. The van der Waals surface area contributed by atoms with E-state index < -0.39 is 52.0 Å². The Balaban J connectivity index is 0.000000193. The number of nitriles is 2. The number of alkyl halides is 3. The fourth-order valence-corrected chi connectivity index (χ4v) is 7.20. The summed E-state index contributed by atoms with van der Waals surface area (Å²) in [5, 5.41) is 25.4. The second kappa shape index (κ2) is 17.9. The molecule has 3 amide bonds. The zero-order valence-electron chi connectivity index (χ0n) is 32.7. The summed E-state index contributed by atoms with van der Waals surface area (Å²) in [6, 6.07) is 14.5. The molecule has 3 aliphatic rings. The number of carbonyl (C=O) groups is 3. The van der Waals surface area contributed by atoms with Gasteiger partial charge in [0.25, 0.3) is 23.5 Å². The first-order valence-corrected chi connectivity index (χ1v) is 18.8. The fourth-order valence-electron chi connectivity index (χ4n) is 6.73. The Morgan fingerprint density at radius 1 is 0.918 bits per heavy atom. The molecule has 2 aliphatic carbocycles. The Morgan fingerprint density at radius 3 is 1.98 bits per heavy atom. The van der Waals surface area contributed by atoms with Crippen molar-refractivity contribution < 1.29 is 36.3 Å². The maximum absolute atomic E-state index is 14.6. The van der Waals surface area contributed by atoms with Gasteiger partial charge in [0.15, 0.2) is 10.8 Å². The first-order chi connectivity index (χ1) is 28.9. The molecule has 3 fully saturated rings. The van der Waals surface area contributed by atoms with Crippen LogP contribution in [0.15, 0.2) is 60.9 Å². The minimum absolute atomic E-state index is 0.00247. The molecule has 314 valence electrons. The van der Waals surface area contributed by atoms with Crippen LogP contribution in [-0.4, -0.2) is 58.0 Å². The van der Waals surface area contributed by atoms with Crippen molar-refractivity contribution in [3.05, 3.63) is 112 Å². The number of benzene rings is 2. The van der Waals surface area contributed by atoms with Crippen molar-refractivity contribution in [2.24, 2.45) is 0 Å². The molecule has 2 saturated carbocycles. The summed E-state index contributed by atoms with van der Waals surface area (Å²) in [5.74, 6) is -2.19. The number of pyridine rings is 2. The molecule has 0 atom stereocenters. The average molecular weight is 858 g/mol. The van der Waals surface area contributed by atoms with Crippen LogP contribution in [0.5, 0.6) is 0 Å². The van der Waals surface area contributed by atoms with E-state index in [-0.39, 0.29) is 33.7 Å². The van der Waals surface area contributed by atoms with E-state index >= 15 is 0 Å². The van der Waals surface area contributed by atoms with Crippen molar-refractivity contribution in [3.63, 3.8) is 0 Å². The molecule has 4 aromatic rings. The van der Waals surface area contributed by atoms with Crippen molar-refractivity contribution in [1.82, 2.24) is 20.6 Å². The van der Waals surface area contributed by atoms with E-state index in [1.807, 2.05) is 0 Å². The number of thiocarbonyl (C=S) groups is 1. The Hall–Kier alpha value is -7.24. The predicted molar refractivity (Wildman–Crippen MR) is 218 cm³/mol. The van der Waals surface area contributed by atoms with Crippen molar-refractivity contribution in [3.8, 4) is 12.1 Å². The molecule has 2 aromatic heterocycles. The van der Waals surface area contributed by atoms with Crippen LogP contribution in [0.4, 0.5) is 50.5 Å². The number of aryl methyl sites for hydroxylation is 1. The normalized spacial score (nSPS) is 15.6. The summed E-state index contributed by atoms with van der Waals surface area (Å²) in [6.07, 6.45) is 2.44. The van der Waals surface area contributed by atoms with Crippen LogP contribution >= 0.6 is 12.2 Å². The van der Waals surface area contributed by atoms with Gasteiger partial charge in [-0.3, -0.25) is 19.3 Å². The number of nitrogens with zero attached hydrogens (tertiary/aromatic N) is 7. The third-order valence-electron chi connectivity index (χ3n) is 10.2. The summed E-state index contributed by atoms with van der Waals surface area (Å²) in [4.78, 5) is 50.4. The number of aromatic nitrogens is 2. The third kappa shape index (κ3) is 9.02. The van der Waals surface area contributed by atoms with Gasteiger partial charge in [-0.05, 0) is 112 Å². The molecule has 61 heavy (non-hydrogen) atoms. The lowest BCUT2D eigenvalue weighted by molar-refractivity contribution is -0.138. The molecule has 7 rings (SSSR count). The highest BCUT2D eigenvalue weighted by Crippen LogP contribution is 2.48. The van der Waals surface area contributed by atoms with E-state index in [9.17, 15) is 36.3 Å². The maximum atomic E-state index is 14.6. The lowest BCUT2D eigenvalue weighted by atomic mass is 9.75. The van der Waals surface area contributed by atoms with E-state index in [0.29, 0.717) is 41.5 Å². The van der Waals surface area contributed by atoms with E-state index in [4.69, 9.17) is 35.0 Å². The standard InChI is InChI=1S/C21H18FN5O2S.C13H14FN3O.C7H4F3N3/c1-12-9-14(11-25-17(12)23-2)26-19(29)21(7-4-8-21)27(20(26)30)13-5-6-15(16(22)10-13)18(28)24-3;1-16-12(18)10-4-3-9(7-11(10)14)17-13(8-15)5-2-6-13;8-7(9,10)5-1-4(12)3-13-6(5)2-11/h5-6,9-11H,4,7-8H2,1,3H3,(H,24,28);3-4,7,17H,2,5-6H2,1H3,(H,16,18);1,3H,12H2. The number of anilines is 4. The van der Waals surface area contributed by atoms with Gasteiger partial charge in [0.1, 0.15) is 35.0 Å². The molecule has 0 bridgehead atoms. The van der Waals surface area contributed by atoms with E-state index in [1.165, 1.54) is 55.5 Å². The SMILES string of the molecule is CNC(=O)c1ccc(NC2(C#N)CCC2)cc1F.N#Cc1ncc(N)cc1C(F)(F)F.[C-]#[N+]c1ncc(N2C(=O)C3(CCC3)N(c3ccc(C(=O)NC)c(F)c3)C2=S)cc1C. The topological polar surface area (TPSA) is 198 Å². The second-order valence-electron chi connectivity index (χ2n) is 14.1. The third-order valence-corrected chi connectivity index (χ3v) is 10.6. The largest absolute Gasteiger partial charge is 0.419 e. The molecule has 5 N–H and O–H groups in total. The van der Waals surface area contributed by atoms with Gasteiger partial charge in [0, 0.05) is 25.5 Å². The second-order valence-corrected chi connectivity index (χ2v) is 14.4. The molecule has 0 radical (unpaired) electrons. The minimum Gasteiger partial charge on any atom is -0.397 e. The highest BCUT2D eigenvalue weighted by atomic mass is 32.1. The summed E-state index contributed by atoms with van der Waals surface area (Å²) >= 11 is 5.65. The van der Waals surface area contributed by atoms with E-state index in [0.717, 1.165) is 31.9 Å². The van der Waals surface area contributed by atoms with Gasteiger partial charge in [0.2, 0.25) is 0 Å². The number of halogens is 5. The summed E-state index contributed by atoms with van der Waals surface area (Å²) < 4.78 is 64.8. The Labute approximate surface area is 352 Å². The van der Waals surface area contributed by atoms with Crippen LogP contribution in [0.1, 0.15) is 76.1 Å². The van der Waals surface area contributed by atoms with Crippen LogP contribution in [0.2, 0.25) is 0 Å². The monoisotopic (exact) mass is 857 g/mol. The van der Waals surface area contributed by atoms with Crippen LogP contribution in [0, 0.1) is 47.8 Å². The molecular formula is C41H36F5N11O3S. The number of nitrogens with one attached hydrogen (secondary N) is 3. The van der Waals surface area contributed by atoms with Gasteiger partial charge in [-0.2, -0.15) is 23.7 Å². The number of hydrogen-bond donors (Lipinski definition) is 4. The van der Waals surface area contributed by atoms with Crippen LogP contribution < -0.4 is 31.5 Å². The van der Waals surface area contributed by atoms with E-state index in [1.54, 1.807) is 30.0 Å². The molecule has 1 aliphatic heterocycles. The molecule has 0 unspecified atom stereocenters. The van der Waals surface area contributed by atoms with Crippen LogP contribution in [0.25, 0.3) is 4.85 Å². The number of rotatable bonds is 6. The minimum atomic E-state index is -4.59. The summed E-state index contributed by atoms with van der Waals surface area (Å²) in [6.45, 7) is 8.90. The quantitative estimate of drug-likeness (QED) is 0.0877. The lowest BCUT2D eigenvalue weighted by Gasteiger charge is -2.43. The lowest BCUT2D eigenvalue weighted by Crippen LogP contribution is -2.55. The molecule has 20 heteroatoms. The zero-order chi connectivity index (χ0) is 44.9. The van der Waals surface area contributed by atoms with Gasteiger partial charge in [0.05, 0.1) is 40.3 Å². The molecule has 3 heterocycles. The van der Waals surface area contributed by atoms with Crippen LogP contribution in [-0.2, 0) is 11.0 Å². The molecule has 14 nitrogen and oxygen atoms in total. The number of nitrogen functional groups attached to an aromatic ring is 1. The number of amides is 3. The van der Waals surface area contributed by atoms with Gasteiger partial charge in [-0.1, -0.05) is 6.57 Å². The smallest absolute Gasteiger partial charge is 0.397 e.